The van der Waals surface area contributed by atoms with Crippen LogP contribution >= 0.6 is 0 Å². The normalized spacial score (nSPS) is 12.9. The monoisotopic (exact) mass is 151 g/mol. The Morgan fingerprint density at radius 1 is 1.36 bits per heavy atom. The number of nitrogens with two attached hydrogens (primary N) is 1. The highest BCUT2D eigenvalue weighted by Crippen LogP contribution is 1.96. The lowest BCUT2D eigenvalue weighted by Crippen LogP contribution is -2.11. The molecule has 0 aromatic heterocycles. The van der Waals surface area contributed by atoms with Gasteiger partial charge in [-0.1, -0.05) is 30.4 Å². The number of carbonyl (C=O) groups is 1. The summed E-state index contributed by atoms with van der Waals surface area (Å²) >= 11 is 0. The Labute approximate surface area is 67.1 Å². The molecule has 0 bridgehead atoms. The zero-order chi connectivity index (χ0) is 8.85. The first kappa shape index (κ1) is 9.69. The van der Waals surface area contributed by atoms with Gasteiger partial charge in [-0.25, -0.2) is 0 Å². The van der Waals surface area contributed by atoms with Crippen molar-refractivity contribution in [1.29, 1.82) is 0 Å². The largest absolute Gasteiger partial charge is 0.366 e. The van der Waals surface area contributed by atoms with Crippen LogP contribution in [0.2, 0.25) is 0 Å². The molecule has 1 amide bonds. The Kier molecular flexibility index (Phi) is 3.96. The molecule has 0 atom stereocenters. The number of rotatable bonds is 3. The molecule has 11 heavy (non-hydrogen) atoms. The molecule has 60 valence electrons. The zero-order valence-electron chi connectivity index (χ0n) is 6.92. The van der Waals surface area contributed by atoms with Crippen molar-refractivity contribution in [3.8, 4) is 0 Å². The van der Waals surface area contributed by atoms with E-state index in [0.29, 0.717) is 5.57 Å². The van der Waals surface area contributed by atoms with Crippen molar-refractivity contribution in [2.75, 3.05) is 0 Å². The maximum Gasteiger partial charge on any atom is 0.244 e. The molecule has 0 aliphatic heterocycles. The van der Waals surface area contributed by atoms with Gasteiger partial charge >= 0.3 is 0 Å². The summed E-state index contributed by atoms with van der Waals surface area (Å²) < 4.78 is 0. The first-order chi connectivity index (χ1) is 5.07. The van der Waals surface area contributed by atoms with Crippen LogP contribution in [-0.4, -0.2) is 5.91 Å². The highest BCUT2D eigenvalue weighted by Gasteiger charge is 1.92. The van der Waals surface area contributed by atoms with Crippen LogP contribution in [0.15, 0.2) is 36.0 Å². The van der Waals surface area contributed by atoms with E-state index in [4.69, 9.17) is 5.73 Å². The van der Waals surface area contributed by atoms with Gasteiger partial charge in [-0.3, -0.25) is 4.79 Å². The highest BCUT2D eigenvalue weighted by molar-refractivity contribution is 5.91. The van der Waals surface area contributed by atoms with Crippen molar-refractivity contribution in [3.63, 3.8) is 0 Å². The Hall–Kier alpha value is -1.31. The number of primary amides is 1. The predicted octanol–water partition coefficient (Wildman–Crippen LogP) is 1.55. The van der Waals surface area contributed by atoms with Crippen LogP contribution in [-0.2, 0) is 4.79 Å². The van der Waals surface area contributed by atoms with Crippen LogP contribution < -0.4 is 5.73 Å². The maximum absolute atomic E-state index is 10.5. The van der Waals surface area contributed by atoms with E-state index < -0.39 is 5.91 Å². The van der Waals surface area contributed by atoms with Crippen molar-refractivity contribution in [3.05, 3.63) is 36.0 Å². The van der Waals surface area contributed by atoms with Gasteiger partial charge in [0.1, 0.15) is 0 Å². The summed E-state index contributed by atoms with van der Waals surface area (Å²) in [6.45, 7) is 7.15. The number of hydrogen-bond acceptors (Lipinski definition) is 1. The predicted molar refractivity (Wildman–Crippen MR) is 46.9 cm³/mol. The van der Waals surface area contributed by atoms with Gasteiger partial charge < -0.3 is 5.73 Å². The van der Waals surface area contributed by atoms with Gasteiger partial charge in [0.05, 0.1) is 0 Å². The van der Waals surface area contributed by atoms with Gasteiger partial charge in [0.15, 0.2) is 0 Å². The fraction of sp³-hybridized carbons (Fsp3) is 0.222. The molecular weight excluding hydrogens is 138 g/mol. The Morgan fingerprint density at radius 3 is 2.27 bits per heavy atom. The van der Waals surface area contributed by atoms with Crippen molar-refractivity contribution < 1.29 is 4.79 Å². The number of carbonyl (C=O) groups excluding carboxylic acids is 1. The van der Waals surface area contributed by atoms with Gasteiger partial charge in [0.25, 0.3) is 0 Å². The maximum atomic E-state index is 10.5. The molecule has 0 aromatic rings. The molecule has 0 saturated carbocycles. The average molecular weight is 151 g/mol. The van der Waals surface area contributed by atoms with E-state index in [1.807, 2.05) is 6.92 Å². The lowest BCUT2D eigenvalue weighted by Gasteiger charge is -1.90. The smallest absolute Gasteiger partial charge is 0.244 e. The standard InChI is InChI=1S/C9H13NO/c1-4-7(2)5-6-8(3)9(10)11/h4-6H,1H2,2-3H3,(H2,10,11)/b7-5-,8-6+. The molecule has 0 fully saturated rings. The van der Waals surface area contributed by atoms with Gasteiger partial charge in [-0.2, -0.15) is 0 Å². The van der Waals surface area contributed by atoms with Gasteiger partial charge in [0.2, 0.25) is 5.91 Å². The van der Waals surface area contributed by atoms with Crippen LogP contribution in [0.1, 0.15) is 13.8 Å². The SMILES string of the molecule is C=C/C(C)=C\C=C(/C)C(N)=O. The molecular formula is C9H13NO. The van der Waals surface area contributed by atoms with Gasteiger partial charge in [0, 0.05) is 5.57 Å². The second-order valence-corrected chi connectivity index (χ2v) is 2.33. The molecule has 2 nitrogen and oxygen atoms in total. The average Bonchev–Trinajstić information content (AvgIpc) is 1.99. The van der Waals surface area contributed by atoms with E-state index in [-0.39, 0.29) is 0 Å². The first-order valence-corrected chi connectivity index (χ1v) is 3.35. The molecule has 0 saturated heterocycles. The third-order valence-electron chi connectivity index (χ3n) is 1.31. The van der Waals surface area contributed by atoms with Gasteiger partial charge in [-0.15, -0.1) is 0 Å². The fourth-order valence-electron chi connectivity index (χ4n) is 0.407. The van der Waals surface area contributed by atoms with Crippen LogP contribution in [0.5, 0.6) is 0 Å². The van der Waals surface area contributed by atoms with E-state index in [1.54, 1.807) is 25.2 Å². The summed E-state index contributed by atoms with van der Waals surface area (Å²) in [5, 5.41) is 0. The summed E-state index contributed by atoms with van der Waals surface area (Å²) in [7, 11) is 0. The second-order valence-electron chi connectivity index (χ2n) is 2.33. The molecule has 0 radical (unpaired) electrons. The quantitative estimate of drug-likeness (QED) is 0.482. The Morgan fingerprint density at radius 2 is 1.91 bits per heavy atom. The molecule has 0 unspecified atom stereocenters. The molecule has 0 rings (SSSR count). The molecule has 2 N–H and O–H groups in total. The van der Waals surface area contributed by atoms with E-state index in [0.717, 1.165) is 5.57 Å². The van der Waals surface area contributed by atoms with E-state index in [1.165, 1.54) is 0 Å². The number of allylic oxidation sites excluding steroid dienone is 4. The first-order valence-electron chi connectivity index (χ1n) is 3.35. The zero-order valence-corrected chi connectivity index (χ0v) is 6.92. The molecule has 0 aliphatic carbocycles. The van der Waals surface area contributed by atoms with E-state index >= 15 is 0 Å². The van der Waals surface area contributed by atoms with Crippen LogP contribution in [0.4, 0.5) is 0 Å². The summed E-state index contributed by atoms with van der Waals surface area (Å²) in [5.74, 6) is -0.391. The number of hydrogen-bond donors (Lipinski definition) is 1. The lowest BCUT2D eigenvalue weighted by molar-refractivity contribution is -0.114. The topological polar surface area (TPSA) is 43.1 Å². The minimum Gasteiger partial charge on any atom is -0.366 e. The number of amides is 1. The molecule has 0 aromatic carbocycles. The van der Waals surface area contributed by atoms with Gasteiger partial charge in [-0.05, 0) is 13.8 Å². The minimum atomic E-state index is -0.391. The van der Waals surface area contributed by atoms with Crippen molar-refractivity contribution in [2.24, 2.45) is 5.73 Å². The second kappa shape index (κ2) is 4.50. The fourth-order valence-corrected chi connectivity index (χ4v) is 0.407. The van der Waals surface area contributed by atoms with Crippen LogP contribution in [0.25, 0.3) is 0 Å². The van der Waals surface area contributed by atoms with Crippen LogP contribution in [0, 0.1) is 0 Å². The van der Waals surface area contributed by atoms with E-state index in [2.05, 4.69) is 6.58 Å². The van der Waals surface area contributed by atoms with E-state index in [9.17, 15) is 4.79 Å². The van der Waals surface area contributed by atoms with Crippen molar-refractivity contribution >= 4 is 5.91 Å². The summed E-state index contributed by atoms with van der Waals surface area (Å²) in [6.07, 6.45) is 5.19. The molecule has 0 heterocycles. The third kappa shape index (κ3) is 4.14. The molecule has 0 aliphatic rings. The summed E-state index contributed by atoms with van der Waals surface area (Å²) in [4.78, 5) is 10.5. The lowest BCUT2D eigenvalue weighted by atomic mass is 10.2. The summed E-state index contributed by atoms with van der Waals surface area (Å²) in [5.41, 5.74) is 6.55. The molecule has 2 heteroatoms. The third-order valence-corrected chi connectivity index (χ3v) is 1.31. The van der Waals surface area contributed by atoms with Crippen molar-refractivity contribution in [1.82, 2.24) is 0 Å². The summed E-state index contributed by atoms with van der Waals surface area (Å²) in [6, 6.07) is 0. The Bertz CT molecular complexity index is 224. The molecule has 0 spiro atoms. The van der Waals surface area contributed by atoms with Crippen molar-refractivity contribution in [2.45, 2.75) is 13.8 Å². The van der Waals surface area contributed by atoms with Crippen LogP contribution in [0.3, 0.4) is 0 Å². The highest BCUT2D eigenvalue weighted by atomic mass is 16.1. The Balaban J connectivity index is 4.34. The minimum absolute atomic E-state index is 0.391.